The molecular formula is C58H75N3O6. The number of allylic oxidation sites excluding steroid dienone is 1. The van der Waals surface area contributed by atoms with Gasteiger partial charge in [-0.1, -0.05) is 123 Å². The van der Waals surface area contributed by atoms with Crippen LogP contribution in [0.5, 0.6) is 0 Å². The zero-order chi connectivity index (χ0) is 47.7. The molecular weight excluding hydrogens is 835 g/mol. The van der Waals surface area contributed by atoms with Crippen LogP contribution < -0.4 is 0 Å². The molecule has 0 spiro atoms. The number of carbonyl (C=O) groups excluding carboxylic acids is 3. The zero-order valence-corrected chi connectivity index (χ0v) is 41.7. The maximum atomic E-state index is 15.6. The van der Waals surface area contributed by atoms with E-state index in [0.717, 1.165) is 86.0 Å². The van der Waals surface area contributed by atoms with Crippen molar-refractivity contribution in [3.05, 3.63) is 89.4 Å². The first-order valence-corrected chi connectivity index (χ1v) is 25.8. The van der Waals surface area contributed by atoms with Gasteiger partial charge in [-0.25, -0.2) is 4.98 Å². The van der Waals surface area contributed by atoms with Crippen LogP contribution in [0.15, 0.2) is 78.0 Å². The standard InChI is InChI=1S/C58H75N3O6/c1-35(2)46-42(62)32-57(50(64)61-30-16-21-41(61)48-59-33-40(60-48)37-19-14-11-15-20-37)29-28-55(8)38(47(46)57)22-23-45-54(7)26-24-44(52(3,4)43(54)25-27-56(45,55)9)58(51(65)66)31-39(53(58,5)6)49(63)67-34-36-17-12-10-13-18-36/h10-15,17-20,33,35,38-39,41,43-45H,16,21-32,34H2,1-9H3,(H,59,60)(H,65,66)/t38-,39+,41?,43-,44+,45-,54-,55-,56-,57-,58-/m1/s1. The van der Waals surface area contributed by atoms with E-state index in [0.29, 0.717) is 31.2 Å². The number of nitrogens with zero attached hydrogens (tertiary/aromatic N) is 2. The number of rotatable bonds is 9. The molecule has 9 heteroatoms. The van der Waals surface area contributed by atoms with Gasteiger partial charge in [0.15, 0.2) is 5.78 Å². The van der Waals surface area contributed by atoms with Crippen LogP contribution in [0.25, 0.3) is 11.3 Å². The second-order valence-electron chi connectivity index (χ2n) is 24.7. The molecule has 2 heterocycles. The van der Waals surface area contributed by atoms with Gasteiger partial charge in [0.25, 0.3) is 0 Å². The van der Waals surface area contributed by atoms with E-state index in [2.05, 4.69) is 70.5 Å². The predicted molar refractivity (Wildman–Crippen MR) is 259 cm³/mol. The Hall–Kier alpha value is -4.53. The lowest BCUT2D eigenvalue weighted by molar-refractivity contribution is -0.261. The summed E-state index contributed by atoms with van der Waals surface area (Å²) in [7, 11) is 0. The molecule has 10 rings (SSSR count). The van der Waals surface area contributed by atoms with Crippen molar-refractivity contribution in [2.75, 3.05) is 6.54 Å². The number of hydrogen-bond donors (Lipinski definition) is 2. The number of carbonyl (C=O) groups is 4. The van der Waals surface area contributed by atoms with Gasteiger partial charge in [-0.15, -0.1) is 0 Å². The summed E-state index contributed by atoms with van der Waals surface area (Å²) in [5.41, 5.74) is 1.96. The second kappa shape index (κ2) is 15.7. The van der Waals surface area contributed by atoms with Crippen LogP contribution in [0.3, 0.4) is 0 Å². The maximum absolute atomic E-state index is 15.6. The molecule has 5 saturated carbocycles. The third-order valence-electron chi connectivity index (χ3n) is 21.4. The number of hydrogen-bond acceptors (Lipinski definition) is 6. The highest BCUT2D eigenvalue weighted by Gasteiger charge is 2.76. The van der Waals surface area contributed by atoms with E-state index < -0.39 is 28.1 Å². The molecule has 1 unspecified atom stereocenters. The van der Waals surface area contributed by atoms with Gasteiger partial charge in [0.1, 0.15) is 12.4 Å². The van der Waals surface area contributed by atoms with Crippen LogP contribution in [-0.2, 0) is 30.5 Å². The Labute approximate surface area is 398 Å². The molecule has 1 aromatic heterocycles. The van der Waals surface area contributed by atoms with Gasteiger partial charge < -0.3 is 19.7 Å². The topological polar surface area (TPSA) is 130 Å². The van der Waals surface area contributed by atoms with Crippen LogP contribution in [0.1, 0.15) is 157 Å². The number of aliphatic carboxylic acids is 1. The molecule has 6 aliphatic carbocycles. The number of ether oxygens (including phenoxy) is 1. The lowest BCUT2D eigenvalue weighted by Crippen LogP contribution is -2.71. The summed E-state index contributed by atoms with van der Waals surface area (Å²) in [4.78, 5) is 68.3. The highest BCUT2D eigenvalue weighted by molar-refractivity contribution is 6.07. The van der Waals surface area contributed by atoms with Crippen LogP contribution in [0, 0.1) is 73.4 Å². The molecule has 0 radical (unpaired) electrons. The third-order valence-corrected chi connectivity index (χ3v) is 21.4. The molecule has 7 aliphatic rings. The number of ketones is 1. The van der Waals surface area contributed by atoms with Gasteiger partial charge in [0, 0.05) is 13.0 Å². The molecule has 6 fully saturated rings. The number of nitrogens with one attached hydrogen (secondary N) is 1. The average Bonchev–Trinajstić information content (AvgIpc) is 4.05. The highest BCUT2D eigenvalue weighted by Crippen LogP contribution is 2.79. The van der Waals surface area contributed by atoms with Crippen molar-refractivity contribution in [1.29, 1.82) is 0 Å². The molecule has 0 bridgehead atoms. The van der Waals surface area contributed by atoms with Crippen molar-refractivity contribution in [2.45, 2.75) is 152 Å². The first-order valence-electron chi connectivity index (χ1n) is 25.8. The van der Waals surface area contributed by atoms with Gasteiger partial charge >= 0.3 is 11.9 Å². The molecule has 1 amide bonds. The average molecular weight is 910 g/mol. The molecule has 2 aromatic carbocycles. The second-order valence-corrected chi connectivity index (χ2v) is 24.7. The number of benzene rings is 2. The van der Waals surface area contributed by atoms with Crippen molar-refractivity contribution in [3.8, 4) is 11.3 Å². The van der Waals surface area contributed by atoms with Crippen molar-refractivity contribution < 1.29 is 29.0 Å². The number of aromatic nitrogens is 2. The fourth-order valence-corrected chi connectivity index (χ4v) is 17.9. The minimum atomic E-state index is -1.04. The van der Waals surface area contributed by atoms with Crippen molar-refractivity contribution >= 4 is 23.6 Å². The van der Waals surface area contributed by atoms with Crippen molar-refractivity contribution in [3.63, 3.8) is 0 Å². The van der Waals surface area contributed by atoms with Crippen LogP contribution in [0.4, 0.5) is 0 Å². The Bertz CT molecular complexity index is 2510. The summed E-state index contributed by atoms with van der Waals surface area (Å²) in [6, 6.07) is 19.7. The van der Waals surface area contributed by atoms with Crippen molar-refractivity contribution in [2.24, 2.45) is 73.4 Å². The molecule has 9 nitrogen and oxygen atoms in total. The van der Waals surface area contributed by atoms with Gasteiger partial charge in [-0.3, -0.25) is 19.2 Å². The highest BCUT2D eigenvalue weighted by atomic mass is 16.5. The summed E-state index contributed by atoms with van der Waals surface area (Å²) >= 11 is 0. The molecule has 2 N–H and O–H groups in total. The molecule has 1 saturated heterocycles. The van der Waals surface area contributed by atoms with E-state index in [-0.39, 0.29) is 76.1 Å². The quantitative estimate of drug-likeness (QED) is 0.205. The van der Waals surface area contributed by atoms with E-state index in [4.69, 9.17) is 9.72 Å². The summed E-state index contributed by atoms with van der Waals surface area (Å²) in [5, 5.41) is 11.4. The molecule has 3 aromatic rings. The fraction of sp³-hybridized carbons (Fsp3) is 0.638. The molecule has 11 atom stereocenters. The van der Waals surface area contributed by atoms with Crippen LogP contribution in [-0.4, -0.2) is 50.1 Å². The minimum Gasteiger partial charge on any atom is -0.481 e. The Kier molecular flexibility index (Phi) is 10.9. The SMILES string of the molecule is CC(C)C1=C2[C@H]3CC[C@@H]4[C@]5(C)CC[C@H]([C@@]6(C(=O)O)C[C@@H](C(=O)OCc7ccccc7)C6(C)C)C(C)(C)[C@H]5CC[C@@]4(C)[C@]3(C)CC[C@@]2(C(=O)N2CCCC2c2ncc(-c3ccccc3)[nH]2)CC1=O. The lowest BCUT2D eigenvalue weighted by Gasteiger charge is -2.74. The van der Waals surface area contributed by atoms with Crippen LogP contribution in [0.2, 0.25) is 0 Å². The van der Waals surface area contributed by atoms with Gasteiger partial charge in [-0.05, 0) is 150 Å². The van der Waals surface area contributed by atoms with Crippen LogP contribution >= 0.6 is 0 Å². The number of fused-ring (bicyclic) bond motifs is 7. The summed E-state index contributed by atoms with van der Waals surface area (Å²) < 4.78 is 5.86. The number of carboxylic acid groups (broad SMARTS) is 1. The number of imidazole rings is 1. The van der Waals surface area contributed by atoms with Gasteiger partial charge in [0.2, 0.25) is 5.91 Å². The molecule has 67 heavy (non-hydrogen) atoms. The first kappa shape index (κ1) is 46.2. The number of amides is 1. The van der Waals surface area contributed by atoms with Gasteiger partial charge in [-0.2, -0.15) is 0 Å². The van der Waals surface area contributed by atoms with E-state index in [1.165, 1.54) is 5.57 Å². The monoisotopic (exact) mass is 910 g/mol. The van der Waals surface area contributed by atoms with E-state index in [9.17, 15) is 19.5 Å². The number of esters is 1. The third kappa shape index (κ3) is 6.32. The Morgan fingerprint density at radius 3 is 2.18 bits per heavy atom. The zero-order valence-electron chi connectivity index (χ0n) is 41.7. The summed E-state index contributed by atoms with van der Waals surface area (Å²) in [6.07, 6.45) is 11.6. The predicted octanol–water partition coefficient (Wildman–Crippen LogP) is 12.2. The summed E-state index contributed by atoms with van der Waals surface area (Å²) in [6.45, 7) is 21.6. The van der Waals surface area contributed by atoms with E-state index in [1.54, 1.807) is 0 Å². The van der Waals surface area contributed by atoms with Crippen molar-refractivity contribution in [1.82, 2.24) is 14.9 Å². The summed E-state index contributed by atoms with van der Waals surface area (Å²) in [5.74, 6) is 0.387. The Morgan fingerprint density at radius 1 is 0.821 bits per heavy atom. The normalized spacial score (nSPS) is 38.4. The Morgan fingerprint density at radius 2 is 1.51 bits per heavy atom. The number of Topliss-reactive ketones (excluding diaryl/α,β-unsaturated/α-hetero) is 1. The minimum absolute atomic E-state index is 0.0158. The smallest absolute Gasteiger partial charge is 0.310 e. The number of carboxylic acids is 1. The first-order chi connectivity index (χ1) is 31.7. The number of aromatic amines is 1. The van der Waals surface area contributed by atoms with Gasteiger partial charge in [0.05, 0.1) is 34.7 Å². The number of likely N-dealkylation sites (tertiary alicyclic amines) is 1. The molecule has 358 valence electrons. The molecule has 1 aliphatic heterocycles. The fourth-order valence-electron chi connectivity index (χ4n) is 17.9. The lowest BCUT2D eigenvalue weighted by atomic mass is 9.29. The number of H-pyrrole nitrogens is 1. The van der Waals surface area contributed by atoms with E-state index in [1.807, 2.05) is 68.6 Å². The Balaban J connectivity index is 0.927. The maximum Gasteiger partial charge on any atom is 0.310 e. The largest absolute Gasteiger partial charge is 0.481 e. The van der Waals surface area contributed by atoms with E-state index >= 15 is 4.79 Å².